The number of nitrogens with zero attached hydrogens (tertiary/aromatic N) is 2. The molecule has 1 aromatic rings. The van der Waals surface area contributed by atoms with Crippen molar-refractivity contribution in [1.82, 2.24) is 20.4 Å². The van der Waals surface area contributed by atoms with Crippen molar-refractivity contribution < 1.29 is 4.79 Å². The highest BCUT2D eigenvalue weighted by molar-refractivity contribution is 5.85. The third-order valence-electron chi connectivity index (χ3n) is 5.35. The van der Waals surface area contributed by atoms with Crippen LogP contribution in [-0.2, 0) is 10.3 Å². The minimum Gasteiger partial charge on any atom is -0.351 e. The first-order chi connectivity index (χ1) is 10.3. The van der Waals surface area contributed by atoms with E-state index in [1.165, 1.54) is 25.7 Å². The van der Waals surface area contributed by atoms with Crippen molar-refractivity contribution in [3.8, 4) is 0 Å². The topological polar surface area (TPSA) is 59.0 Å². The summed E-state index contributed by atoms with van der Waals surface area (Å²) in [6.45, 7) is 1.76. The summed E-state index contributed by atoms with van der Waals surface area (Å²) in [5.74, 6) is 1.66. The first-order valence-electron chi connectivity index (χ1n) is 8.31. The zero-order valence-corrected chi connectivity index (χ0v) is 13.6. The summed E-state index contributed by atoms with van der Waals surface area (Å²) in [6.07, 6.45) is 10.5. The van der Waals surface area contributed by atoms with Gasteiger partial charge in [-0.3, -0.25) is 9.48 Å². The maximum absolute atomic E-state index is 13.1. The summed E-state index contributed by atoms with van der Waals surface area (Å²) < 4.78 is 1.89. The number of halogens is 1. The highest BCUT2D eigenvalue weighted by Crippen LogP contribution is 2.45. The van der Waals surface area contributed by atoms with Crippen LogP contribution >= 0.6 is 12.4 Å². The average molecular weight is 325 g/mol. The minimum atomic E-state index is -0.489. The van der Waals surface area contributed by atoms with E-state index < -0.39 is 5.54 Å². The number of hydrogen-bond acceptors (Lipinski definition) is 3. The molecule has 1 aliphatic heterocycles. The van der Waals surface area contributed by atoms with Gasteiger partial charge in [-0.2, -0.15) is 5.10 Å². The molecule has 2 heterocycles. The normalized spacial score (nSPS) is 23.9. The molecule has 5 nitrogen and oxygen atoms in total. The Hall–Kier alpha value is -1.07. The molecule has 122 valence electrons. The van der Waals surface area contributed by atoms with Gasteiger partial charge in [0.05, 0.1) is 0 Å². The molecule has 2 aliphatic carbocycles. The van der Waals surface area contributed by atoms with Crippen molar-refractivity contribution in [2.75, 3.05) is 13.1 Å². The van der Waals surface area contributed by atoms with E-state index in [-0.39, 0.29) is 18.3 Å². The number of carbonyl (C=O) groups is 1. The molecule has 2 saturated carbocycles. The monoisotopic (exact) mass is 324 g/mol. The van der Waals surface area contributed by atoms with Gasteiger partial charge < -0.3 is 10.6 Å². The molecule has 2 N–H and O–H groups in total. The fraction of sp³-hybridized carbons (Fsp3) is 0.750. The van der Waals surface area contributed by atoms with E-state index in [2.05, 4.69) is 15.7 Å². The second kappa shape index (κ2) is 6.20. The highest BCUT2D eigenvalue weighted by Gasteiger charge is 2.47. The third kappa shape index (κ3) is 2.88. The van der Waals surface area contributed by atoms with Crippen LogP contribution in [0.4, 0.5) is 0 Å². The van der Waals surface area contributed by atoms with Crippen LogP contribution in [0, 0.1) is 11.8 Å². The van der Waals surface area contributed by atoms with Gasteiger partial charge in [-0.1, -0.05) is 0 Å². The number of hydrogen-bond donors (Lipinski definition) is 2. The number of nitrogens with one attached hydrogen (secondary N) is 2. The largest absolute Gasteiger partial charge is 0.351 e. The maximum Gasteiger partial charge on any atom is 0.248 e. The zero-order valence-electron chi connectivity index (χ0n) is 12.8. The number of amides is 1. The first-order valence-corrected chi connectivity index (χ1v) is 8.31. The molecule has 1 aromatic heterocycles. The lowest BCUT2D eigenvalue weighted by Gasteiger charge is -2.37. The molecular formula is C16H25ClN4O. The van der Waals surface area contributed by atoms with E-state index in [1.54, 1.807) is 6.20 Å². The molecule has 6 heteroatoms. The van der Waals surface area contributed by atoms with Gasteiger partial charge >= 0.3 is 0 Å². The van der Waals surface area contributed by atoms with Crippen LogP contribution in [-0.4, -0.2) is 34.8 Å². The molecule has 4 rings (SSSR count). The van der Waals surface area contributed by atoms with Crippen molar-refractivity contribution in [3.05, 3.63) is 18.5 Å². The lowest BCUT2D eigenvalue weighted by Crippen LogP contribution is -2.57. The predicted molar refractivity (Wildman–Crippen MR) is 86.9 cm³/mol. The fourth-order valence-corrected chi connectivity index (χ4v) is 3.74. The van der Waals surface area contributed by atoms with E-state index in [4.69, 9.17) is 0 Å². The maximum atomic E-state index is 13.1. The van der Waals surface area contributed by atoms with Gasteiger partial charge in [0.15, 0.2) is 0 Å². The minimum absolute atomic E-state index is 0. The van der Waals surface area contributed by atoms with E-state index in [0.29, 0.717) is 6.04 Å². The Morgan fingerprint density at radius 3 is 2.36 bits per heavy atom. The molecule has 1 saturated heterocycles. The molecule has 3 fully saturated rings. The molecular weight excluding hydrogens is 300 g/mol. The van der Waals surface area contributed by atoms with Crippen molar-refractivity contribution in [1.29, 1.82) is 0 Å². The van der Waals surface area contributed by atoms with Gasteiger partial charge in [0.25, 0.3) is 0 Å². The summed E-state index contributed by atoms with van der Waals surface area (Å²) in [7, 11) is 0. The number of piperidine rings is 1. The first kappa shape index (κ1) is 15.8. The van der Waals surface area contributed by atoms with Gasteiger partial charge in [0.1, 0.15) is 5.54 Å². The van der Waals surface area contributed by atoms with Crippen molar-refractivity contribution in [2.45, 2.75) is 50.1 Å². The Labute approximate surface area is 137 Å². The van der Waals surface area contributed by atoms with Crippen LogP contribution in [0.5, 0.6) is 0 Å². The smallest absolute Gasteiger partial charge is 0.248 e. The van der Waals surface area contributed by atoms with E-state index >= 15 is 0 Å². The van der Waals surface area contributed by atoms with Gasteiger partial charge in [0, 0.05) is 18.4 Å². The lowest BCUT2D eigenvalue weighted by atomic mass is 9.86. The average Bonchev–Trinajstić information content (AvgIpc) is 3.45. The van der Waals surface area contributed by atoms with Crippen LogP contribution in [0.2, 0.25) is 0 Å². The van der Waals surface area contributed by atoms with Gasteiger partial charge in [0.2, 0.25) is 5.91 Å². The lowest BCUT2D eigenvalue weighted by molar-refractivity contribution is -0.133. The van der Waals surface area contributed by atoms with Gasteiger partial charge in [-0.15, -0.1) is 12.4 Å². The molecule has 0 bridgehead atoms. The molecule has 0 radical (unpaired) electrons. The Bertz CT molecular complexity index is 492. The van der Waals surface area contributed by atoms with Crippen molar-refractivity contribution >= 4 is 18.3 Å². The fourth-order valence-electron chi connectivity index (χ4n) is 3.74. The SMILES string of the molecule is Cl.O=C(NC(C1CC1)C1CC1)C1(n2cccn2)CCNCC1. The molecule has 1 amide bonds. The molecule has 22 heavy (non-hydrogen) atoms. The quantitative estimate of drug-likeness (QED) is 0.866. The number of rotatable bonds is 5. The number of aromatic nitrogens is 2. The molecule has 0 atom stereocenters. The van der Waals surface area contributed by atoms with Crippen LogP contribution in [0.3, 0.4) is 0 Å². The summed E-state index contributed by atoms with van der Waals surface area (Å²) in [5.41, 5.74) is -0.489. The van der Waals surface area contributed by atoms with Crippen LogP contribution < -0.4 is 10.6 Å². The highest BCUT2D eigenvalue weighted by atomic mass is 35.5. The third-order valence-corrected chi connectivity index (χ3v) is 5.35. The van der Waals surface area contributed by atoms with Crippen LogP contribution in [0.15, 0.2) is 18.5 Å². The predicted octanol–water partition coefficient (Wildman–Crippen LogP) is 1.69. The van der Waals surface area contributed by atoms with E-state index in [9.17, 15) is 4.79 Å². The zero-order chi connectivity index (χ0) is 14.3. The number of carbonyl (C=O) groups excluding carboxylic acids is 1. The summed E-state index contributed by atoms with van der Waals surface area (Å²) in [5, 5.41) is 11.2. The molecule has 0 unspecified atom stereocenters. The summed E-state index contributed by atoms with van der Waals surface area (Å²) in [6, 6.07) is 2.33. The standard InChI is InChI=1S/C16H24N4O.ClH/c21-15(19-14(12-2-3-12)13-4-5-13)16(6-9-17-10-7-16)20-11-1-8-18-20;/h1,8,11-14,17H,2-7,9-10H2,(H,19,21);1H. The molecule has 0 aromatic carbocycles. The van der Waals surface area contributed by atoms with Crippen LogP contribution in [0.1, 0.15) is 38.5 Å². The Balaban J connectivity index is 0.00000144. The van der Waals surface area contributed by atoms with Crippen LogP contribution in [0.25, 0.3) is 0 Å². The Morgan fingerprint density at radius 1 is 1.23 bits per heavy atom. The second-order valence-electron chi connectivity index (χ2n) is 6.91. The molecule has 0 spiro atoms. The van der Waals surface area contributed by atoms with E-state index in [0.717, 1.165) is 37.8 Å². The summed E-state index contributed by atoms with van der Waals surface area (Å²) in [4.78, 5) is 13.1. The molecule has 3 aliphatic rings. The second-order valence-corrected chi connectivity index (χ2v) is 6.91. The van der Waals surface area contributed by atoms with Gasteiger partial charge in [-0.05, 0) is 69.5 Å². The Kier molecular flexibility index (Phi) is 4.46. The van der Waals surface area contributed by atoms with Crippen molar-refractivity contribution in [3.63, 3.8) is 0 Å². The summed E-state index contributed by atoms with van der Waals surface area (Å²) >= 11 is 0. The van der Waals surface area contributed by atoms with Crippen molar-refractivity contribution in [2.24, 2.45) is 11.8 Å². The van der Waals surface area contributed by atoms with Gasteiger partial charge in [-0.25, -0.2) is 0 Å². The Morgan fingerprint density at radius 2 is 1.86 bits per heavy atom. The van der Waals surface area contributed by atoms with E-state index in [1.807, 2.05) is 16.9 Å².